The first kappa shape index (κ1) is 18.4. The highest BCUT2D eigenvalue weighted by molar-refractivity contribution is 6.29. The van der Waals surface area contributed by atoms with Crippen LogP contribution in [0.4, 0.5) is 0 Å². The molecule has 1 N–H and O–H groups in total. The fourth-order valence-corrected chi connectivity index (χ4v) is 4.19. The van der Waals surface area contributed by atoms with Crippen LogP contribution in [0.2, 0.25) is 0 Å². The van der Waals surface area contributed by atoms with Crippen molar-refractivity contribution in [2.24, 2.45) is 0 Å². The van der Waals surface area contributed by atoms with Crippen LogP contribution in [-0.2, 0) is 0 Å². The molecule has 141 valence electrons. The Bertz CT molecular complexity index is 1090. The summed E-state index contributed by atoms with van der Waals surface area (Å²) in [5.41, 5.74) is 9.75. The molecule has 0 fully saturated rings. The van der Waals surface area contributed by atoms with E-state index in [-0.39, 0.29) is 0 Å². The molecular weight excluding hydrogens is 353 g/mol. The van der Waals surface area contributed by atoms with Gasteiger partial charge in [0, 0.05) is 29.2 Å². The molecule has 0 amide bonds. The van der Waals surface area contributed by atoms with Crippen molar-refractivity contribution in [2.75, 3.05) is 6.54 Å². The Morgan fingerprint density at radius 3 is 2.54 bits per heavy atom. The fourth-order valence-electron chi connectivity index (χ4n) is 4.19. The maximum Gasteiger partial charge on any atom is 0.699 e. The molecular formula is C21H22BN3O3+. The van der Waals surface area contributed by atoms with Gasteiger partial charge in [-0.25, -0.2) is 0 Å². The van der Waals surface area contributed by atoms with Crippen LogP contribution in [0.1, 0.15) is 48.0 Å². The van der Waals surface area contributed by atoms with E-state index in [4.69, 9.17) is 0 Å². The number of fused-ring (bicyclic) bond motifs is 2. The average Bonchev–Trinajstić information content (AvgIpc) is 3.09. The molecule has 2 aliphatic heterocycles. The molecule has 28 heavy (non-hydrogen) atoms. The van der Waals surface area contributed by atoms with Gasteiger partial charge < -0.3 is 9.58 Å². The number of nitro groups is 1. The summed E-state index contributed by atoms with van der Waals surface area (Å²) in [6.07, 6.45) is 1.08. The molecule has 1 aromatic carbocycles. The summed E-state index contributed by atoms with van der Waals surface area (Å²) in [5, 5.41) is 20.7. The van der Waals surface area contributed by atoms with Gasteiger partial charge in [-0.15, -0.1) is 0 Å². The zero-order valence-electron chi connectivity index (χ0n) is 16.4. The highest BCUT2D eigenvalue weighted by Crippen LogP contribution is 2.38. The van der Waals surface area contributed by atoms with Crippen LogP contribution in [-0.4, -0.2) is 38.8 Å². The first-order valence-electron chi connectivity index (χ1n) is 9.27. The third kappa shape index (κ3) is 2.83. The molecule has 0 aliphatic carbocycles. The number of aliphatic hydroxyl groups is 1. The topological polar surface area (TPSA) is 71.3 Å². The van der Waals surface area contributed by atoms with Crippen LogP contribution in [0.5, 0.6) is 0 Å². The first-order chi connectivity index (χ1) is 13.3. The Hall–Kier alpha value is -2.93. The van der Waals surface area contributed by atoms with E-state index in [9.17, 15) is 15.2 Å². The van der Waals surface area contributed by atoms with Crippen LogP contribution in [0.3, 0.4) is 0 Å². The van der Waals surface area contributed by atoms with Crippen LogP contribution >= 0.6 is 0 Å². The molecule has 6 nitrogen and oxygen atoms in total. The SMILES string of the molecule is CC1=CC(C)=[N+]2[B]n3c(C)cc(C)c3C(c3ccc(C(O)C[N+](=O)[O-])cc3)=C12. The molecule has 0 saturated carbocycles. The normalized spacial score (nSPS) is 16.5. The largest absolute Gasteiger partial charge is 0.699 e. The van der Waals surface area contributed by atoms with E-state index in [1.54, 1.807) is 12.1 Å². The van der Waals surface area contributed by atoms with Gasteiger partial charge in [-0.1, -0.05) is 24.3 Å². The summed E-state index contributed by atoms with van der Waals surface area (Å²) in [6, 6.07) is 9.62. The van der Waals surface area contributed by atoms with Crippen molar-refractivity contribution in [3.05, 3.63) is 85.9 Å². The summed E-state index contributed by atoms with van der Waals surface area (Å²) < 4.78 is 4.42. The van der Waals surface area contributed by atoms with Gasteiger partial charge in [0.05, 0.1) is 11.3 Å². The van der Waals surface area contributed by atoms with E-state index < -0.39 is 17.6 Å². The standard InChI is InChI=1S/C21H22BN3O3/c1-12-9-14(3)24-20(12)19(21-13(2)10-15(4)25(21)22-24)17-7-5-16(6-8-17)18(26)11-23(27)28/h5-10,18,26H,11H2,1-4H3/q+1. The Morgan fingerprint density at radius 1 is 1.21 bits per heavy atom. The number of nitrogens with zero attached hydrogens (tertiary/aromatic N) is 3. The summed E-state index contributed by atoms with van der Waals surface area (Å²) >= 11 is 0. The molecule has 1 radical (unpaired) electrons. The first-order valence-corrected chi connectivity index (χ1v) is 9.27. The third-order valence-corrected chi connectivity index (χ3v) is 5.45. The second kappa shape index (κ2) is 6.60. The maximum absolute atomic E-state index is 10.7. The smallest absolute Gasteiger partial charge is 0.382 e. The van der Waals surface area contributed by atoms with Crippen molar-refractivity contribution in [1.82, 2.24) is 4.48 Å². The van der Waals surface area contributed by atoms with Crippen molar-refractivity contribution in [3.63, 3.8) is 0 Å². The van der Waals surface area contributed by atoms with Crippen molar-refractivity contribution in [2.45, 2.75) is 33.8 Å². The molecule has 3 heterocycles. The molecule has 0 spiro atoms. The number of aliphatic hydroxyl groups excluding tert-OH is 1. The zero-order valence-corrected chi connectivity index (χ0v) is 16.4. The van der Waals surface area contributed by atoms with Gasteiger partial charge in [-0.3, -0.25) is 14.6 Å². The molecule has 2 aromatic rings. The number of hydrogen-bond acceptors (Lipinski definition) is 3. The van der Waals surface area contributed by atoms with Crippen molar-refractivity contribution in [1.29, 1.82) is 0 Å². The molecule has 1 unspecified atom stereocenters. The monoisotopic (exact) mass is 375 g/mol. The third-order valence-electron chi connectivity index (χ3n) is 5.45. The predicted molar refractivity (Wildman–Crippen MR) is 109 cm³/mol. The Morgan fingerprint density at radius 2 is 1.89 bits per heavy atom. The molecule has 4 rings (SSSR count). The molecule has 1 aromatic heterocycles. The number of rotatable bonds is 4. The highest BCUT2D eigenvalue weighted by Gasteiger charge is 2.40. The number of aryl methyl sites for hydroxylation is 2. The molecule has 0 bridgehead atoms. The van der Waals surface area contributed by atoms with E-state index in [2.05, 4.69) is 56.4 Å². The minimum Gasteiger partial charge on any atom is -0.382 e. The summed E-state index contributed by atoms with van der Waals surface area (Å²) in [6.45, 7) is 7.93. The van der Waals surface area contributed by atoms with E-state index in [1.807, 2.05) is 12.1 Å². The second-order valence-electron chi connectivity index (χ2n) is 7.52. The number of allylic oxidation sites excluding steroid dienone is 2. The van der Waals surface area contributed by atoms with Gasteiger partial charge in [0.25, 0.3) is 0 Å². The Kier molecular flexibility index (Phi) is 4.35. The minimum atomic E-state index is -1.10. The minimum absolute atomic E-state index is 0.493. The zero-order chi connectivity index (χ0) is 20.2. The highest BCUT2D eigenvalue weighted by atomic mass is 16.6. The van der Waals surface area contributed by atoms with Gasteiger partial charge in [0.1, 0.15) is 6.10 Å². The lowest BCUT2D eigenvalue weighted by Gasteiger charge is -2.21. The number of aromatic nitrogens is 1. The quantitative estimate of drug-likeness (QED) is 0.507. The van der Waals surface area contributed by atoms with Gasteiger partial charge >= 0.3 is 7.55 Å². The van der Waals surface area contributed by atoms with E-state index in [0.717, 1.165) is 22.5 Å². The van der Waals surface area contributed by atoms with Crippen LogP contribution in [0.15, 0.2) is 47.7 Å². The fraction of sp³-hybridized carbons (Fsp3) is 0.286. The van der Waals surface area contributed by atoms with Gasteiger partial charge in [-0.05, 0) is 43.5 Å². The molecule has 7 heteroatoms. The predicted octanol–water partition coefficient (Wildman–Crippen LogP) is 3.00. The Labute approximate surface area is 164 Å². The van der Waals surface area contributed by atoms with Gasteiger partial charge in [0.15, 0.2) is 11.4 Å². The summed E-state index contributed by atoms with van der Waals surface area (Å²) in [4.78, 5) is 10.2. The molecule has 1 atom stereocenters. The van der Waals surface area contributed by atoms with E-state index >= 15 is 0 Å². The number of benzene rings is 1. The van der Waals surface area contributed by atoms with Crippen molar-refractivity contribution in [3.8, 4) is 0 Å². The van der Waals surface area contributed by atoms with Crippen LogP contribution in [0, 0.1) is 24.0 Å². The van der Waals surface area contributed by atoms with Crippen LogP contribution in [0.25, 0.3) is 5.57 Å². The second-order valence-corrected chi connectivity index (χ2v) is 7.52. The van der Waals surface area contributed by atoms with Crippen molar-refractivity contribution < 1.29 is 14.5 Å². The molecule has 0 saturated heterocycles. The summed E-state index contributed by atoms with van der Waals surface area (Å²) in [5.74, 6) is 0. The maximum atomic E-state index is 10.7. The van der Waals surface area contributed by atoms with Gasteiger partial charge in [0.2, 0.25) is 6.54 Å². The lowest BCUT2D eigenvalue weighted by Crippen LogP contribution is -2.32. The average molecular weight is 375 g/mol. The Balaban J connectivity index is 1.87. The van der Waals surface area contributed by atoms with Crippen LogP contribution < -0.4 is 0 Å². The lowest BCUT2D eigenvalue weighted by atomic mass is 9.89. The van der Waals surface area contributed by atoms with E-state index in [0.29, 0.717) is 5.56 Å². The lowest BCUT2D eigenvalue weighted by molar-refractivity contribution is -0.491. The number of hydrogen-bond donors (Lipinski definition) is 1. The van der Waals surface area contributed by atoms with Gasteiger partial charge in [-0.2, -0.15) is 0 Å². The van der Waals surface area contributed by atoms with E-state index in [1.165, 1.54) is 22.5 Å². The molecule has 2 aliphatic rings. The van der Waals surface area contributed by atoms with Crippen molar-refractivity contribution >= 4 is 18.8 Å². The summed E-state index contributed by atoms with van der Waals surface area (Å²) in [7, 11) is 2.13.